The van der Waals surface area contributed by atoms with E-state index in [1.54, 1.807) is 26.8 Å². The summed E-state index contributed by atoms with van der Waals surface area (Å²) >= 11 is 0. The van der Waals surface area contributed by atoms with Gasteiger partial charge in [-0.15, -0.1) is 0 Å². The maximum Gasteiger partial charge on any atom is 0.338 e. The molecular weight excluding hydrogens is 354 g/mol. The first kappa shape index (κ1) is 20.2. The molecule has 2 N–H and O–H groups in total. The molecule has 0 radical (unpaired) electrons. The van der Waals surface area contributed by atoms with E-state index in [4.69, 9.17) is 9.47 Å². The van der Waals surface area contributed by atoms with Crippen molar-refractivity contribution in [3.8, 4) is 5.75 Å². The van der Waals surface area contributed by atoms with Crippen LogP contribution in [0.3, 0.4) is 0 Å². The van der Waals surface area contributed by atoms with E-state index in [1.807, 2.05) is 6.92 Å². The molecule has 0 aliphatic carbocycles. The summed E-state index contributed by atoms with van der Waals surface area (Å²) in [4.78, 5) is 35.3. The minimum absolute atomic E-state index is 0.137. The second-order valence-electron chi connectivity index (χ2n) is 6.36. The highest BCUT2D eigenvalue weighted by molar-refractivity contribution is 5.95. The van der Waals surface area contributed by atoms with E-state index in [2.05, 4.69) is 10.6 Å². The predicted molar refractivity (Wildman–Crippen MR) is 97.2 cm³/mol. The van der Waals surface area contributed by atoms with Crippen molar-refractivity contribution in [3.63, 3.8) is 0 Å². The summed E-state index contributed by atoms with van der Waals surface area (Å²) in [6.45, 7) is 7.24. The number of urea groups is 1. The van der Waals surface area contributed by atoms with Crippen LogP contribution in [0.1, 0.15) is 45.7 Å². The van der Waals surface area contributed by atoms with Crippen LogP contribution in [-0.2, 0) is 9.53 Å². The molecule has 1 heterocycles. The Morgan fingerprint density at radius 1 is 1.37 bits per heavy atom. The molecular formula is C18H23N3O6. The third-order valence-electron chi connectivity index (χ3n) is 3.81. The molecule has 2 amide bonds. The minimum atomic E-state index is -0.871. The molecule has 27 heavy (non-hydrogen) atoms. The van der Waals surface area contributed by atoms with Gasteiger partial charge in [-0.05, 0) is 38.8 Å². The average molecular weight is 377 g/mol. The lowest BCUT2D eigenvalue weighted by Gasteiger charge is -2.28. The van der Waals surface area contributed by atoms with Crippen molar-refractivity contribution >= 4 is 17.7 Å². The number of carbonyl (C=O) groups excluding carboxylic acids is 2. The highest BCUT2D eigenvalue weighted by Gasteiger charge is 2.34. The number of allylic oxidation sites excluding steroid dienone is 1. The maximum absolute atomic E-state index is 12.5. The highest BCUT2D eigenvalue weighted by atomic mass is 16.6. The lowest BCUT2D eigenvalue weighted by Crippen LogP contribution is -2.45. The van der Waals surface area contributed by atoms with Crippen molar-refractivity contribution in [1.82, 2.24) is 10.6 Å². The molecule has 1 aromatic carbocycles. The van der Waals surface area contributed by atoms with Gasteiger partial charge in [-0.3, -0.25) is 10.1 Å². The number of benzene rings is 1. The van der Waals surface area contributed by atoms with E-state index >= 15 is 0 Å². The molecule has 1 aliphatic rings. The number of nitro groups is 1. The molecule has 0 fully saturated rings. The van der Waals surface area contributed by atoms with Crippen LogP contribution in [0, 0.1) is 10.1 Å². The molecule has 1 atom stereocenters. The Bertz CT molecular complexity index is 787. The molecule has 9 heteroatoms. The van der Waals surface area contributed by atoms with E-state index in [1.165, 1.54) is 12.1 Å². The minimum Gasteiger partial charge on any atom is -0.487 e. The van der Waals surface area contributed by atoms with Crippen molar-refractivity contribution in [1.29, 1.82) is 0 Å². The summed E-state index contributed by atoms with van der Waals surface area (Å²) in [5.74, 6) is -0.466. The van der Waals surface area contributed by atoms with Crippen LogP contribution >= 0.6 is 0 Å². The Balaban J connectivity index is 2.48. The van der Waals surface area contributed by atoms with Crippen molar-refractivity contribution in [2.75, 3.05) is 6.61 Å². The van der Waals surface area contributed by atoms with E-state index in [-0.39, 0.29) is 23.1 Å². The Hall–Kier alpha value is -3.10. The first-order valence-electron chi connectivity index (χ1n) is 8.65. The van der Waals surface area contributed by atoms with Gasteiger partial charge in [0.1, 0.15) is 0 Å². The number of hydrogen-bond acceptors (Lipinski definition) is 6. The number of nitrogens with zero attached hydrogens (tertiary/aromatic N) is 1. The Labute approximate surface area is 156 Å². The standard InChI is InChI=1S/C18H23N3O6/c1-5-8-26-14-7-6-12(9-13(14)21(24)25)16-15(17(22)27-10(2)3)11(4)19-18(23)20-16/h6-7,9-10,16H,5,8H2,1-4H3,(H2,19,20,23). The van der Waals surface area contributed by atoms with E-state index in [9.17, 15) is 19.7 Å². The molecule has 1 aliphatic heterocycles. The number of nitro benzene ring substituents is 1. The third-order valence-corrected chi connectivity index (χ3v) is 3.81. The predicted octanol–water partition coefficient (Wildman–Crippen LogP) is 2.96. The van der Waals surface area contributed by atoms with Crippen molar-refractivity contribution in [2.45, 2.75) is 46.3 Å². The van der Waals surface area contributed by atoms with Gasteiger partial charge in [0.25, 0.3) is 0 Å². The Morgan fingerprint density at radius 2 is 2.07 bits per heavy atom. The zero-order chi connectivity index (χ0) is 20.1. The number of carbonyl (C=O) groups is 2. The van der Waals surface area contributed by atoms with Gasteiger partial charge in [0.05, 0.1) is 29.2 Å². The Morgan fingerprint density at radius 3 is 2.67 bits per heavy atom. The second kappa shape index (κ2) is 8.52. The fraction of sp³-hybridized carbons (Fsp3) is 0.444. The molecule has 1 aromatic rings. The number of ether oxygens (including phenoxy) is 2. The number of nitrogens with one attached hydrogen (secondary N) is 2. The number of rotatable bonds is 7. The van der Waals surface area contributed by atoms with Crippen LogP contribution in [0.15, 0.2) is 29.5 Å². The first-order chi connectivity index (χ1) is 12.7. The molecule has 1 unspecified atom stereocenters. The largest absolute Gasteiger partial charge is 0.487 e. The average Bonchev–Trinajstić information content (AvgIpc) is 2.58. The van der Waals surface area contributed by atoms with Crippen LogP contribution in [0.25, 0.3) is 0 Å². The number of amides is 2. The normalized spacial score (nSPS) is 16.6. The lowest BCUT2D eigenvalue weighted by atomic mass is 9.95. The van der Waals surface area contributed by atoms with Gasteiger partial charge in [-0.25, -0.2) is 9.59 Å². The zero-order valence-corrected chi connectivity index (χ0v) is 15.7. The monoisotopic (exact) mass is 377 g/mol. The molecule has 9 nitrogen and oxygen atoms in total. The fourth-order valence-corrected chi connectivity index (χ4v) is 2.68. The van der Waals surface area contributed by atoms with Gasteiger partial charge in [0.15, 0.2) is 5.75 Å². The van der Waals surface area contributed by atoms with Gasteiger partial charge >= 0.3 is 17.7 Å². The van der Waals surface area contributed by atoms with Crippen molar-refractivity contribution < 1.29 is 24.0 Å². The summed E-state index contributed by atoms with van der Waals surface area (Å²) in [6, 6.07) is 2.98. The summed E-state index contributed by atoms with van der Waals surface area (Å²) in [5.41, 5.74) is 0.682. The quantitative estimate of drug-likeness (QED) is 0.428. The fourth-order valence-electron chi connectivity index (χ4n) is 2.68. The van der Waals surface area contributed by atoms with Crippen LogP contribution in [0.2, 0.25) is 0 Å². The molecule has 0 saturated carbocycles. The van der Waals surface area contributed by atoms with Crippen molar-refractivity contribution in [2.24, 2.45) is 0 Å². The summed E-state index contributed by atoms with van der Waals surface area (Å²) in [5, 5.41) is 16.6. The van der Waals surface area contributed by atoms with Crippen LogP contribution in [0.5, 0.6) is 5.75 Å². The molecule has 0 spiro atoms. The molecule has 0 aromatic heterocycles. The van der Waals surface area contributed by atoms with E-state index in [0.717, 1.165) is 0 Å². The highest BCUT2D eigenvalue weighted by Crippen LogP contribution is 2.34. The third kappa shape index (κ3) is 4.75. The first-order valence-corrected chi connectivity index (χ1v) is 8.65. The zero-order valence-electron chi connectivity index (χ0n) is 15.7. The topological polar surface area (TPSA) is 120 Å². The summed E-state index contributed by atoms with van der Waals surface area (Å²) < 4.78 is 10.7. The summed E-state index contributed by atoms with van der Waals surface area (Å²) in [7, 11) is 0. The van der Waals surface area contributed by atoms with Gasteiger partial charge in [-0.2, -0.15) is 0 Å². The second-order valence-corrected chi connectivity index (χ2v) is 6.36. The number of esters is 1. The van der Waals surface area contributed by atoms with Crippen LogP contribution in [-0.4, -0.2) is 29.6 Å². The number of hydrogen-bond donors (Lipinski definition) is 2. The lowest BCUT2D eigenvalue weighted by molar-refractivity contribution is -0.385. The maximum atomic E-state index is 12.5. The van der Waals surface area contributed by atoms with Gasteiger partial charge in [0, 0.05) is 11.8 Å². The Kier molecular flexibility index (Phi) is 6.38. The van der Waals surface area contributed by atoms with E-state index < -0.39 is 23.0 Å². The molecule has 2 rings (SSSR count). The van der Waals surface area contributed by atoms with Gasteiger partial charge in [0.2, 0.25) is 0 Å². The van der Waals surface area contributed by atoms with Crippen molar-refractivity contribution in [3.05, 3.63) is 45.1 Å². The smallest absolute Gasteiger partial charge is 0.338 e. The van der Waals surface area contributed by atoms with E-state index in [0.29, 0.717) is 24.3 Å². The van der Waals surface area contributed by atoms with Crippen LogP contribution in [0.4, 0.5) is 10.5 Å². The molecule has 0 bridgehead atoms. The summed E-state index contributed by atoms with van der Waals surface area (Å²) in [6.07, 6.45) is 0.353. The SMILES string of the molecule is CCCOc1ccc(C2NC(=O)NC(C)=C2C(=O)OC(C)C)cc1[N+](=O)[O-]. The van der Waals surface area contributed by atoms with Crippen LogP contribution < -0.4 is 15.4 Å². The molecule has 0 saturated heterocycles. The van der Waals surface area contributed by atoms with Gasteiger partial charge in [-0.1, -0.05) is 13.0 Å². The molecule has 146 valence electrons. The van der Waals surface area contributed by atoms with Gasteiger partial charge < -0.3 is 20.1 Å².